The number of hydrogen-bond acceptors (Lipinski definition) is 4. The number of nitrogens with zero attached hydrogens (tertiary/aromatic N) is 2. The van der Waals surface area contributed by atoms with E-state index in [2.05, 4.69) is 4.90 Å². The molecular formula is C13H22N2O3. The Labute approximate surface area is 108 Å². The van der Waals surface area contributed by atoms with Crippen molar-refractivity contribution in [3.63, 3.8) is 0 Å². The van der Waals surface area contributed by atoms with Crippen molar-refractivity contribution in [2.45, 2.75) is 19.8 Å². The highest BCUT2D eigenvalue weighted by Gasteiger charge is 2.25. The summed E-state index contributed by atoms with van der Waals surface area (Å²) in [6, 6.07) is 0. The van der Waals surface area contributed by atoms with Gasteiger partial charge in [0.1, 0.15) is 5.78 Å². The monoisotopic (exact) mass is 254 g/mol. The number of amides is 1. The summed E-state index contributed by atoms with van der Waals surface area (Å²) in [7, 11) is 0. The Morgan fingerprint density at radius 2 is 1.72 bits per heavy atom. The third-order valence-electron chi connectivity index (χ3n) is 3.89. The third kappa shape index (κ3) is 3.53. The van der Waals surface area contributed by atoms with Crippen LogP contribution in [0.25, 0.3) is 0 Å². The maximum Gasteiger partial charge on any atom is 0.236 e. The highest BCUT2D eigenvalue weighted by Crippen LogP contribution is 2.17. The van der Waals surface area contributed by atoms with Gasteiger partial charge in [0, 0.05) is 19.0 Å². The lowest BCUT2D eigenvalue weighted by Crippen LogP contribution is -2.47. The Hall–Kier alpha value is -0.940. The molecule has 0 atom stereocenters. The summed E-state index contributed by atoms with van der Waals surface area (Å²) in [5, 5.41) is 0. The van der Waals surface area contributed by atoms with Crippen molar-refractivity contribution in [1.82, 2.24) is 9.80 Å². The Bertz CT molecular complexity index is 305. The van der Waals surface area contributed by atoms with Crippen LogP contribution in [0.15, 0.2) is 0 Å². The summed E-state index contributed by atoms with van der Waals surface area (Å²) in [6.07, 6.45) is 1.79. The average Bonchev–Trinajstić information content (AvgIpc) is 2.40. The molecular weight excluding hydrogens is 232 g/mol. The number of likely N-dealkylation sites (tertiary alicyclic amines) is 1. The molecule has 0 radical (unpaired) electrons. The zero-order valence-electron chi connectivity index (χ0n) is 11.1. The van der Waals surface area contributed by atoms with Crippen molar-refractivity contribution in [1.29, 1.82) is 0 Å². The standard InChI is InChI=1S/C13H22N2O3/c1-11(16)12-2-4-14(5-3-12)10-13(17)15-6-8-18-9-7-15/h12H,2-10H2,1H3. The van der Waals surface area contributed by atoms with E-state index in [-0.39, 0.29) is 17.6 Å². The van der Waals surface area contributed by atoms with Gasteiger partial charge in [-0.3, -0.25) is 14.5 Å². The van der Waals surface area contributed by atoms with Crippen molar-refractivity contribution < 1.29 is 14.3 Å². The van der Waals surface area contributed by atoms with Crippen molar-refractivity contribution in [2.24, 2.45) is 5.92 Å². The molecule has 0 unspecified atom stereocenters. The van der Waals surface area contributed by atoms with E-state index >= 15 is 0 Å². The summed E-state index contributed by atoms with van der Waals surface area (Å²) in [5.41, 5.74) is 0. The molecule has 2 heterocycles. The van der Waals surface area contributed by atoms with Gasteiger partial charge in [0.15, 0.2) is 0 Å². The highest BCUT2D eigenvalue weighted by atomic mass is 16.5. The van der Waals surface area contributed by atoms with Gasteiger partial charge >= 0.3 is 0 Å². The van der Waals surface area contributed by atoms with E-state index in [4.69, 9.17) is 4.74 Å². The zero-order chi connectivity index (χ0) is 13.0. The fourth-order valence-electron chi connectivity index (χ4n) is 2.60. The summed E-state index contributed by atoms with van der Waals surface area (Å²) in [4.78, 5) is 27.4. The summed E-state index contributed by atoms with van der Waals surface area (Å²) in [6.45, 7) is 6.60. The lowest BCUT2D eigenvalue weighted by molar-refractivity contribution is -0.136. The average molecular weight is 254 g/mol. The first kappa shape index (κ1) is 13.5. The predicted molar refractivity (Wildman–Crippen MR) is 67.2 cm³/mol. The maximum absolute atomic E-state index is 12.0. The van der Waals surface area contributed by atoms with E-state index < -0.39 is 0 Å². The minimum absolute atomic E-state index is 0.194. The number of carbonyl (C=O) groups is 2. The topological polar surface area (TPSA) is 49.9 Å². The Morgan fingerprint density at radius 1 is 1.11 bits per heavy atom. The molecule has 0 aromatic heterocycles. The summed E-state index contributed by atoms with van der Waals surface area (Å²) < 4.78 is 5.24. The van der Waals surface area contributed by atoms with Crippen LogP contribution in [0.3, 0.4) is 0 Å². The van der Waals surface area contributed by atoms with E-state index in [1.54, 1.807) is 6.92 Å². The smallest absolute Gasteiger partial charge is 0.236 e. The normalized spacial score (nSPS) is 23.1. The van der Waals surface area contributed by atoms with Gasteiger partial charge in [-0.2, -0.15) is 0 Å². The Morgan fingerprint density at radius 3 is 2.28 bits per heavy atom. The number of Topliss-reactive ketones (excluding diaryl/α,β-unsaturated/α-hetero) is 1. The molecule has 5 nitrogen and oxygen atoms in total. The fourth-order valence-corrected chi connectivity index (χ4v) is 2.60. The number of rotatable bonds is 3. The molecule has 0 saturated carbocycles. The van der Waals surface area contributed by atoms with E-state index in [0.717, 1.165) is 25.9 Å². The second kappa shape index (κ2) is 6.29. The predicted octanol–water partition coefficient (Wildman–Crippen LogP) is 0.146. The van der Waals surface area contributed by atoms with Gasteiger partial charge in [0.25, 0.3) is 0 Å². The summed E-state index contributed by atoms with van der Waals surface area (Å²) in [5.74, 6) is 0.688. The van der Waals surface area contributed by atoms with Crippen LogP contribution in [-0.2, 0) is 14.3 Å². The Balaban J connectivity index is 1.73. The second-order valence-electron chi connectivity index (χ2n) is 5.15. The van der Waals surface area contributed by atoms with Gasteiger partial charge in [-0.1, -0.05) is 0 Å². The van der Waals surface area contributed by atoms with Crippen LogP contribution in [0.4, 0.5) is 0 Å². The van der Waals surface area contributed by atoms with Gasteiger partial charge in [-0.15, -0.1) is 0 Å². The second-order valence-corrected chi connectivity index (χ2v) is 5.15. The molecule has 2 aliphatic heterocycles. The van der Waals surface area contributed by atoms with Crippen LogP contribution in [-0.4, -0.2) is 67.4 Å². The van der Waals surface area contributed by atoms with Crippen molar-refractivity contribution in [3.8, 4) is 0 Å². The number of hydrogen-bond donors (Lipinski definition) is 0. The van der Waals surface area contributed by atoms with Gasteiger partial charge in [-0.05, 0) is 32.9 Å². The van der Waals surface area contributed by atoms with Crippen LogP contribution in [0.2, 0.25) is 0 Å². The number of piperidine rings is 1. The number of ketones is 1. The third-order valence-corrected chi connectivity index (χ3v) is 3.89. The maximum atomic E-state index is 12.0. The number of morpholine rings is 1. The van der Waals surface area contributed by atoms with Gasteiger partial charge in [0.2, 0.25) is 5.91 Å². The van der Waals surface area contributed by atoms with Crippen LogP contribution in [0, 0.1) is 5.92 Å². The van der Waals surface area contributed by atoms with Crippen LogP contribution < -0.4 is 0 Å². The highest BCUT2D eigenvalue weighted by molar-refractivity contribution is 5.79. The SMILES string of the molecule is CC(=O)C1CCN(CC(=O)N2CCOCC2)CC1. The van der Waals surface area contributed by atoms with Gasteiger partial charge in [0.05, 0.1) is 19.8 Å². The Kier molecular flexibility index (Phi) is 4.72. The molecule has 18 heavy (non-hydrogen) atoms. The molecule has 0 N–H and O–H groups in total. The first-order chi connectivity index (χ1) is 8.66. The van der Waals surface area contributed by atoms with Crippen LogP contribution in [0.1, 0.15) is 19.8 Å². The number of ether oxygens (including phenoxy) is 1. The summed E-state index contributed by atoms with van der Waals surface area (Å²) >= 11 is 0. The number of carbonyl (C=O) groups excluding carboxylic acids is 2. The molecule has 2 rings (SSSR count). The van der Waals surface area contributed by atoms with Crippen molar-refractivity contribution in [3.05, 3.63) is 0 Å². The first-order valence-corrected chi connectivity index (χ1v) is 6.75. The van der Waals surface area contributed by atoms with E-state index in [0.29, 0.717) is 32.8 Å². The van der Waals surface area contributed by atoms with E-state index in [1.165, 1.54) is 0 Å². The molecule has 5 heteroatoms. The van der Waals surface area contributed by atoms with Crippen molar-refractivity contribution in [2.75, 3.05) is 45.9 Å². The first-order valence-electron chi connectivity index (χ1n) is 6.75. The lowest BCUT2D eigenvalue weighted by Gasteiger charge is -2.33. The zero-order valence-corrected chi connectivity index (χ0v) is 11.1. The molecule has 0 spiro atoms. The molecule has 0 aromatic rings. The van der Waals surface area contributed by atoms with Crippen LogP contribution >= 0.6 is 0 Å². The quantitative estimate of drug-likeness (QED) is 0.719. The van der Waals surface area contributed by atoms with Gasteiger partial charge < -0.3 is 9.64 Å². The van der Waals surface area contributed by atoms with Crippen LogP contribution in [0.5, 0.6) is 0 Å². The minimum Gasteiger partial charge on any atom is -0.378 e. The van der Waals surface area contributed by atoms with E-state index in [1.807, 2.05) is 4.90 Å². The molecule has 2 saturated heterocycles. The van der Waals surface area contributed by atoms with Gasteiger partial charge in [-0.25, -0.2) is 0 Å². The molecule has 2 aliphatic rings. The lowest BCUT2D eigenvalue weighted by atomic mass is 9.93. The molecule has 0 aliphatic carbocycles. The molecule has 0 bridgehead atoms. The largest absolute Gasteiger partial charge is 0.378 e. The van der Waals surface area contributed by atoms with E-state index in [9.17, 15) is 9.59 Å². The molecule has 2 fully saturated rings. The fraction of sp³-hybridized carbons (Fsp3) is 0.846. The van der Waals surface area contributed by atoms with Crippen molar-refractivity contribution >= 4 is 11.7 Å². The molecule has 0 aromatic carbocycles. The molecule has 102 valence electrons. The minimum atomic E-state index is 0.194. The molecule has 1 amide bonds.